The molecule has 0 aliphatic heterocycles. The molecule has 0 fully saturated rings. The van der Waals surface area contributed by atoms with E-state index in [-0.39, 0.29) is 11.7 Å². The predicted octanol–water partition coefficient (Wildman–Crippen LogP) is 4.42. The second kappa shape index (κ2) is 8.93. The second-order valence-electron chi connectivity index (χ2n) is 5.56. The Kier molecular flexibility index (Phi) is 8.89. The van der Waals surface area contributed by atoms with E-state index in [1.54, 1.807) is 0 Å². The van der Waals surface area contributed by atoms with Crippen molar-refractivity contribution in [2.75, 3.05) is 13.7 Å². The van der Waals surface area contributed by atoms with Gasteiger partial charge in [-0.3, -0.25) is 0 Å². The summed E-state index contributed by atoms with van der Waals surface area (Å²) in [5, 5.41) is 0. The van der Waals surface area contributed by atoms with Gasteiger partial charge in [-0.1, -0.05) is 34.1 Å². The minimum atomic E-state index is -0.126. The van der Waals surface area contributed by atoms with Crippen LogP contribution in [0.1, 0.15) is 66.7 Å². The largest absolute Gasteiger partial charge is 0.378 e. The van der Waals surface area contributed by atoms with Gasteiger partial charge in [-0.2, -0.15) is 0 Å². The van der Waals surface area contributed by atoms with Crippen LogP contribution in [0.15, 0.2) is 0 Å². The minimum Gasteiger partial charge on any atom is -0.378 e. The van der Waals surface area contributed by atoms with Gasteiger partial charge in [-0.25, -0.2) is 0 Å². The fourth-order valence-electron chi connectivity index (χ4n) is 2.03. The van der Waals surface area contributed by atoms with Gasteiger partial charge in [-0.05, 0) is 38.5 Å². The lowest BCUT2D eigenvalue weighted by molar-refractivity contribution is -0.131. The third-order valence-corrected chi connectivity index (χ3v) is 3.60. The lowest BCUT2D eigenvalue weighted by Crippen LogP contribution is -2.43. The molecule has 2 nitrogen and oxygen atoms in total. The van der Waals surface area contributed by atoms with Gasteiger partial charge >= 0.3 is 0 Å². The molecule has 0 spiro atoms. The van der Waals surface area contributed by atoms with Gasteiger partial charge in [0, 0.05) is 13.7 Å². The Hall–Kier alpha value is -0.0800. The monoisotopic (exact) mass is 244 g/mol. The molecule has 0 saturated carbocycles. The highest BCUT2D eigenvalue weighted by atomic mass is 16.5. The van der Waals surface area contributed by atoms with Crippen LogP contribution >= 0.6 is 0 Å². The maximum Gasteiger partial charge on any atom is 0.0912 e. The quantitative estimate of drug-likeness (QED) is 0.529. The summed E-state index contributed by atoms with van der Waals surface area (Å²) in [7, 11) is 1.81. The lowest BCUT2D eigenvalue weighted by atomic mass is 9.90. The first-order chi connectivity index (χ1) is 8.00. The first-order valence-corrected chi connectivity index (χ1v) is 7.16. The fourth-order valence-corrected chi connectivity index (χ4v) is 2.03. The van der Waals surface area contributed by atoms with E-state index in [2.05, 4.69) is 34.6 Å². The highest BCUT2D eigenvalue weighted by molar-refractivity contribution is 4.84. The molecule has 0 bridgehead atoms. The fraction of sp³-hybridized carbons (Fsp3) is 1.00. The van der Waals surface area contributed by atoms with Crippen LogP contribution in [0, 0.1) is 5.92 Å². The molecule has 17 heavy (non-hydrogen) atoms. The van der Waals surface area contributed by atoms with Crippen LogP contribution in [-0.4, -0.2) is 25.4 Å². The Morgan fingerprint density at radius 1 is 1.12 bits per heavy atom. The van der Waals surface area contributed by atoms with Crippen LogP contribution in [0.3, 0.4) is 0 Å². The zero-order valence-electron chi connectivity index (χ0n) is 12.7. The van der Waals surface area contributed by atoms with Gasteiger partial charge in [0.15, 0.2) is 0 Å². The molecular formula is C15H32O2. The van der Waals surface area contributed by atoms with E-state index in [1.807, 2.05) is 7.11 Å². The van der Waals surface area contributed by atoms with Crippen LogP contribution in [-0.2, 0) is 9.47 Å². The van der Waals surface area contributed by atoms with E-state index >= 15 is 0 Å². The van der Waals surface area contributed by atoms with E-state index in [0.717, 1.165) is 31.8 Å². The third kappa shape index (κ3) is 6.42. The molecule has 2 heteroatoms. The standard InChI is InChI=1S/C15H32O2/c1-7-9-12-17-15(5,8-2)14(16-6)11-10-13(3)4/h13-14H,7-12H2,1-6H3. The van der Waals surface area contributed by atoms with Crippen LogP contribution < -0.4 is 0 Å². The molecule has 0 heterocycles. The molecule has 0 aromatic carbocycles. The molecule has 0 aromatic heterocycles. The summed E-state index contributed by atoms with van der Waals surface area (Å²) >= 11 is 0. The van der Waals surface area contributed by atoms with E-state index in [4.69, 9.17) is 9.47 Å². The van der Waals surface area contributed by atoms with Crippen molar-refractivity contribution in [2.45, 2.75) is 78.4 Å². The molecule has 2 unspecified atom stereocenters. The Balaban J connectivity index is 4.32. The summed E-state index contributed by atoms with van der Waals surface area (Å²) < 4.78 is 11.7. The van der Waals surface area contributed by atoms with Crippen molar-refractivity contribution >= 4 is 0 Å². The molecule has 2 atom stereocenters. The van der Waals surface area contributed by atoms with Gasteiger partial charge in [0.25, 0.3) is 0 Å². The van der Waals surface area contributed by atoms with Crippen LogP contribution in [0.2, 0.25) is 0 Å². The molecule has 0 aliphatic carbocycles. The Labute approximate surface area is 108 Å². The number of rotatable bonds is 10. The van der Waals surface area contributed by atoms with E-state index in [9.17, 15) is 0 Å². The van der Waals surface area contributed by atoms with E-state index < -0.39 is 0 Å². The van der Waals surface area contributed by atoms with Crippen molar-refractivity contribution in [3.8, 4) is 0 Å². The van der Waals surface area contributed by atoms with Gasteiger partial charge in [-0.15, -0.1) is 0 Å². The van der Waals surface area contributed by atoms with Crippen LogP contribution in [0.4, 0.5) is 0 Å². The van der Waals surface area contributed by atoms with Crippen molar-refractivity contribution in [2.24, 2.45) is 5.92 Å². The van der Waals surface area contributed by atoms with Crippen molar-refractivity contribution in [1.82, 2.24) is 0 Å². The number of unbranched alkanes of at least 4 members (excludes halogenated alkanes) is 1. The Morgan fingerprint density at radius 2 is 1.76 bits per heavy atom. The highest BCUT2D eigenvalue weighted by Gasteiger charge is 2.33. The van der Waals surface area contributed by atoms with Crippen molar-refractivity contribution < 1.29 is 9.47 Å². The smallest absolute Gasteiger partial charge is 0.0912 e. The van der Waals surface area contributed by atoms with Gasteiger partial charge in [0.1, 0.15) is 0 Å². The van der Waals surface area contributed by atoms with Crippen molar-refractivity contribution in [1.29, 1.82) is 0 Å². The molecule has 0 radical (unpaired) electrons. The Bertz CT molecular complexity index is 180. The summed E-state index contributed by atoms with van der Waals surface area (Å²) in [6, 6.07) is 0. The molecule has 0 N–H and O–H groups in total. The number of ether oxygens (including phenoxy) is 2. The normalized spacial score (nSPS) is 17.1. The molecule has 0 saturated heterocycles. The molecule has 104 valence electrons. The van der Waals surface area contributed by atoms with Crippen LogP contribution in [0.25, 0.3) is 0 Å². The summed E-state index contributed by atoms with van der Waals surface area (Å²) in [4.78, 5) is 0. The average Bonchev–Trinajstić information content (AvgIpc) is 2.29. The second-order valence-corrected chi connectivity index (χ2v) is 5.56. The van der Waals surface area contributed by atoms with Crippen molar-refractivity contribution in [3.05, 3.63) is 0 Å². The minimum absolute atomic E-state index is 0.126. The summed E-state index contributed by atoms with van der Waals surface area (Å²) in [6.45, 7) is 11.9. The molecule has 0 aromatic rings. The maximum absolute atomic E-state index is 6.08. The Morgan fingerprint density at radius 3 is 2.18 bits per heavy atom. The van der Waals surface area contributed by atoms with E-state index in [1.165, 1.54) is 12.8 Å². The highest BCUT2D eigenvalue weighted by Crippen LogP contribution is 2.27. The summed E-state index contributed by atoms with van der Waals surface area (Å²) in [5.41, 5.74) is -0.126. The summed E-state index contributed by atoms with van der Waals surface area (Å²) in [5.74, 6) is 0.726. The number of methoxy groups -OCH3 is 1. The molecule has 0 rings (SSSR count). The maximum atomic E-state index is 6.08. The summed E-state index contributed by atoms with van der Waals surface area (Å²) in [6.07, 6.45) is 5.83. The topological polar surface area (TPSA) is 18.5 Å². The first kappa shape index (κ1) is 16.9. The van der Waals surface area contributed by atoms with Gasteiger partial charge < -0.3 is 9.47 Å². The van der Waals surface area contributed by atoms with Gasteiger partial charge in [0.2, 0.25) is 0 Å². The zero-order chi connectivity index (χ0) is 13.3. The average molecular weight is 244 g/mol. The SMILES string of the molecule is CCCCOC(C)(CC)C(CCC(C)C)OC. The van der Waals surface area contributed by atoms with Crippen LogP contribution in [0.5, 0.6) is 0 Å². The first-order valence-electron chi connectivity index (χ1n) is 7.16. The molecule has 0 amide bonds. The zero-order valence-corrected chi connectivity index (χ0v) is 12.7. The number of hydrogen-bond donors (Lipinski definition) is 0. The molecular weight excluding hydrogens is 212 g/mol. The van der Waals surface area contributed by atoms with Crippen molar-refractivity contribution in [3.63, 3.8) is 0 Å². The number of hydrogen-bond acceptors (Lipinski definition) is 2. The molecule has 0 aliphatic rings. The van der Waals surface area contributed by atoms with E-state index in [0.29, 0.717) is 0 Å². The third-order valence-electron chi connectivity index (χ3n) is 3.60. The lowest BCUT2D eigenvalue weighted by Gasteiger charge is -2.36. The predicted molar refractivity (Wildman–Crippen MR) is 74.4 cm³/mol. The van der Waals surface area contributed by atoms with Gasteiger partial charge in [0.05, 0.1) is 11.7 Å².